The maximum Gasteiger partial charge on any atom is 0.00278 e. The zero-order valence-corrected chi connectivity index (χ0v) is 11.5. The van der Waals surface area contributed by atoms with Gasteiger partial charge in [0.2, 0.25) is 0 Å². The zero-order chi connectivity index (χ0) is 12.8. The van der Waals surface area contributed by atoms with Gasteiger partial charge in [0, 0.05) is 7.05 Å². The smallest absolute Gasteiger partial charge is 0.00278 e. The first kappa shape index (κ1) is 14.8. The number of allylic oxidation sites excluding steroid dienone is 6. The molecule has 0 heterocycles. The van der Waals surface area contributed by atoms with Crippen LogP contribution in [-0.4, -0.2) is 7.05 Å². The largest absolute Gasteiger partial charge is 0.394 e. The fraction of sp³-hybridized carbons (Fsp3) is 0.467. The molecule has 0 saturated carbocycles. The lowest BCUT2D eigenvalue weighted by Gasteiger charge is -2.18. The monoisotopic (exact) mass is 219 g/mol. The van der Waals surface area contributed by atoms with Gasteiger partial charge in [-0.05, 0) is 36.6 Å². The van der Waals surface area contributed by atoms with Gasteiger partial charge in [-0.25, -0.2) is 0 Å². The van der Waals surface area contributed by atoms with Crippen LogP contribution in [-0.2, 0) is 0 Å². The molecule has 90 valence electrons. The van der Waals surface area contributed by atoms with Gasteiger partial charge in [0.25, 0.3) is 0 Å². The Morgan fingerprint density at radius 2 is 1.75 bits per heavy atom. The van der Waals surface area contributed by atoms with Crippen LogP contribution < -0.4 is 5.32 Å². The Balaban J connectivity index is 4.54. The van der Waals surface area contributed by atoms with Crippen molar-refractivity contribution in [3.63, 3.8) is 0 Å². The van der Waals surface area contributed by atoms with E-state index in [9.17, 15) is 0 Å². The third-order valence-electron chi connectivity index (χ3n) is 2.69. The predicted molar refractivity (Wildman–Crippen MR) is 74.3 cm³/mol. The minimum absolute atomic E-state index is 0.238. The summed E-state index contributed by atoms with van der Waals surface area (Å²) in [5.41, 5.74) is 3.79. The van der Waals surface area contributed by atoms with Crippen molar-refractivity contribution in [1.82, 2.24) is 5.32 Å². The fourth-order valence-electron chi connectivity index (χ4n) is 0.999. The van der Waals surface area contributed by atoms with E-state index < -0.39 is 0 Å². The molecule has 0 rings (SSSR count). The summed E-state index contributed by atoms with van der Waals surface area (Å²) in [5, 5.41) is 3.00. The van der Waals surface area contributed by atoms with Crippen molar-refractivity contribution in [3.8, 4) is 0 Å². The van der Waals surface area contributed by atoms with Crippen LogP contribution in [0, 0.1) is 5.41 Å². The second kappa shape index (κ2) is 6.37. The lowest BCUT2D eigenvalue weighted by atomic mass is 9.87. The van der Waals surface area contributed by atoms with E-state index in [1.54, 1.807) is 0 Å². The molecular formula is C15H25N. The van der Waals surface area contributed by atoms with Gasteiger partial charge >= 0.3 is 0 Å². The molecule has 0 amide bonds. The normalized spacial score (nSPS) is 14.4. The summed E-state index contributed by atoms with van der Waals surface area (Å²) in [6.45, 7) is 14.9. The van der Waals surface area contributed by atoms with Gasteiger partial charge in [-0.3, -0.25) is 0 Å². The average Bonchev–Trinajstić information content (AvgIpc) is 2.16. The molecule has 0 aliphatic rings. The second-order valence-electron chi connectivity index (χ2n) is 5.10. The lowest BCUT2D eigenvalue weighted by Crippen LogP contribution is -2.05. The Bertz CT molecular complexity index is 322. The number of hydrogen-bond donors (Lipinski definition) is 1. The third-order valence-corrected chi connectivity index (χ3v) is 2.69. The Hall–Kier alpha value is -1.24. The van der Waals surface area contributed by atoms with Gasteiger partial charge < -0.3 is 5.32 Å². The van der Waals surface area contributed by atoms with Gasteiger partial charge in [0.15, 0.2) is 0 Å². The minimum Gasteiger partial charge on any atom is -0.394 e. The molecule has 0 radical (unpaired) electrons. The molecule has 0 aromatic carbocycles. The summed E-state index contributed by atoms with van der Waals surface area (Å²) in [4.78, 5) is 0. The molecular weight excluding hydrogens is 194 g/mol. The maximum atomic E-state index is 4.01. The van der Waals surface area contributed by atoms with Crippen molar-refractivity contribution in [3.05, 3.63) is 47.7 Å². The van der Waals surface area contributed by atoms with Crippen molar-refractivity contribution in [2.24, 2.45) is 5.41 Å². The molecule has 0 bridgehead atoms. The van der Waals surface area contributed by atoms with Crippen molar-refractivity contribution in [2.75, 3.05) is 7.05 Å². The highest BCUT2D eigenvalue weighted by molar-refractivity contribution is 5.37. The summed E-state index contributed by atoms with van der Waals surface area (Å²) >= 11 is 0. The van der Waals surface area contributed by atoms with Gasteiger partial charge in [-0.1, -0.05) is 51.2 Å². The number of rotatable bonds is 4. The van der Waals surface area contributed by atoms with Gasteiger partial charge in [-0.2, -0.15) is 0 Å². The van der Waals surface area contributed by atoms with Crippen molar-refractivity contribution in [1.29, 1.82) is 0 Å². The van der Waals surface area contributed by atoms with Gasteiger partial charge in [0.05, 0.1) is 0 Å². The number of nitrogens with one attached hydrogen (secondary N) is 1. The Morgan fingerprint density at radius 1 is 1.19 bits per heavy atom. The summed E-state index contributed by atoms with van der Waals surface area (Å²) in [6.07, 6.45) is 8.21. The van der Waals surface area contributed by atoms with Crippen LogP contribution in [0.4, 0.5) is 0 Å². The highest BCUT2D eigenvalue weighted by atomic mass is 14.8. The first-order valence-corrected chi connectivity index (χ1v) is 5.67. The summed E-state index contributed by atoms with van der Waals surface area (Å²) in [7, 11) is 1.89. The molecule has 0 saturated heterocycles. The van der Waals surface area contributed by atoms with E-state index in [2.05, 4.69) is 51.7 Å². The fourth-order valence-corrected chi connectivity index (χ4v) is 0.999. The summed E-state index contributed by atoms with van der Waals surface area (Å²) < 4.78 is 0. The van der Waals surface area contributed by atoms with Crippen molar-refractivity contribution >= 4 is 0 Å². The van der Waals surface area contributed by atoms with Crippen LogP contribution in [0.1, 0.15) is 34.6 Å². The molecule has 0 aromatic heterocycles. The summed E-state index contributed by atoms with van der Waals surface area (Å²) in [5.74, 6) is 0. The Labute approximate surface area is 101 Å². The molecule has 0 unspecified atom stereocenters. The first-order chi connectivity index (χ1) is 7.29. The average molecular weight is 219 g/mol. The maximum absolute atomic E-state index is 4.01. The van der Waals surface area contributed by atoms with Crippen LogP contribution in [0.5, 0.6) is 0 Å². The van der Waals surface area contributed by atoms with Crippen molar-refractivity contribution in [2.45, 2.75) is 34.6 Å². The Morgan fingerprint density at radius 3 is 2.19 bits per heavy atom. The molecule has 0 atom stereocenters. The Kier molecular flexibility index (Phi) is 5.87. The van der Waals surface area contributed by atoms with Crippen LogP contribution in [0.2, 0.25) is 0 Å². The molecule has 1 heteroatoms. The summed E-state index contributed by atoms with van der Waals surface area (Å²) in [6, 6.07) is 0. The van der Waals surface area contributed by atoms with E-state index in [-0.39, 0.29) is 5.41 Å². The van der Waals surface area contributed by atoms with Crippen LogP contribution >= 0.6 is 0 Å². The quantitative estimate of drug-likeness (QED) is 0.698. The molecule has 0 aliphatic heterocycles. The van der Waals surface area contributed by atoms with Crippen molar-refractivity contribution < 1.29 is 0 Å². The van der Waals surface area contributed by atoms with E-state index in [1.165, 1.54) is 5.57 Å². The molecule has 0 aromatic rings. The SMILES string of the molecule is C=C(/C=C\C=C(/C)C(C)(C)C)/C(C)=C/NC. The molecule has 1 N–H and O–H groups in total. The van der Waals surface area contributed by atoms with E-state index in [1.807, 2.05) is 26.2 Å². The first-order valence-electron chi connectivity index (χ1n) is 5.67. The molecule has 16 heavy (non-hydrogen) atoms. The van der Waals surface area contributed by atoms with E-state index >= 15 is 0 Å². The molecule has 0 aliphatic carbocycles. The highest BCUT2D eigenvalue weighted by Crippen LogP contribution is 2.24. The molecule has 1 nitrogen and oxygen atoms in total. The zero-order valence-electron chi connectivity index (χ0n) is 11.5. The van der Waals surface area contributed by atoms with E-state index in [4.69, 9.17) is 0 Å². The molecule has 0 fully saturated rings. The van der Waals surface area contributed by atoms with Gasteiger partial charge in [0.1, 0.15) is 0 Å². The topological polar surface area (TPSA) is 12.0 Å². The van der Waals surface area contributed by atoms with Gasteiger partial charge in [-0.15, -0.1) is 0 Å². The van der Waals surface area contributed by atoms with E-state index in [0.29, 0.717) is 0 Å². The van der Waals surface area contributed by atoms with Crippen LogP contribution in [0.25, 0.3) is 0 Å². The highest BCUT2D eigenvalue weighted by Gasteiger charge is 2.10. The second-order valence-corrected chi connectivity index (χ2v) is 5.10. The number of hydrogen-bond acceptors (Lipinski definition) is 1. The minimum atomic E-state index is 0.238. The lowest BCUT2D eigenvalue weighted by molar-refractivity contribution is 0.504. The standard InChI is InChI=1S/C15H25N/c1-12(13(2)11-16-7)9-8-10-14(3)15(4,5)6/h8-11,16H,1H2,2-7H3/b9-8-,13-11+,14-10+. The molecule has 0 spiro atoms. The predicted octanol–water partition coefficient (Wildman–Crippen LogP) is 4.21. The van der Waals surface area contributed by atoms with Crippen LogP contribution in [0.3, 0.4) is 0 Å². The van der Waals surface area contributed by atoms with E-state index in [0.717, 1.165) is 11.1 Å². The third kappa shape index (κ3) is 5.59. The van der Waals surface area contributed by atoms with Crippen LogP contribution in [0.15, 0.2) is 47.7 Å².